The summed E-state index contributed by atoms with van der Waals surface area (Å²) in [5.41, 5.74) is 2.97. The van der Waals surface area contributed by atoms with Gasteiger partial charge in [0.15, 0.2) is 0 Å². The van der Waals surface area contributed by atoms with E-state index in [1.54, 1.807) is 6.07 Å². The van der Waals surface area contributed by atoms with Crippen LogP contribution in [0.1, 0.15) is 24.1 Å². The molecule has 0 saturated carbocycles. The fourth-order valence-electron chi connectivity index (χ4n) is 3.78. The number of rotatable bonds is 5. The molecule has 1 aliphatic heterocycles. The molecule has 28 heavy (non-hydrogen) atoms. The van der Waals surface area contributed by atoms with Crippen LogP contribution in [-0.2, 0) is 6.42 Å². The summed E-state index contributed by atoms with van der Waals surface area (Å²) in [5.74, 6) is 1.88. The minimum Gasteiger partial charge on any atom is -0.356 e. The lowest BCUT2D eigenvalue weighted by molar-refractivity contribution is 0.402. The molecule has 3 aromatic rings. The van der Waals surface area contributed by atoms with Crippen LogP contribution < -0.4 is 10.2 Å². The summed E-state index contributed by atoms with van der Waals surface area (Å²) < 4.78 is 13.4. The molecule has 0 atom stereocenters. The van der Waals surface area contributed by atoms with Gasteiger partial charge in [-0.3, -0.25) is 0 Å². The number of nitrogens with zero attached hydrogens (tertiary/aromatic N) is 3. The van der Waals surface area contributed by atoms with E-state index in [1.165, 1.54) is 17.7 Å². The molecule has 0 radical (unpaired) electrons. The third kappa shape index (κ3) is 4.66. The number of benzene rings is 2. The van der Waals surface area contributed by atoms with E-state index in [2.05, 4.69) is 50.5 Å². The molecule has 1 aliphatic rings. The van der Waals surface area contributed by atoms with Crippen molar-refractivity contribution >= 4 is 17.5 Å². The Morgan fingerprint density at radius 3 is 2.54 bits per heavy atom. The average Bonchev–Trinajstić information content (AvgIpc) is 2.69. The second-order valence-electron chi connectivity index (χ2n) is 7.45. The molecule has 2 heterocycles. The topological polar surface area (TPSA) is 41.1 Å². The molecule has 5 heteroatoms. The number of aromatic nitrogens is 2. The van der Waals surface area contributed by atoms with Crippen LogP contribution in [-0.4, -0.2) is 23.1 Å². The van der Waals surface area contributed by atoms with Gasteiger partial charge in [0.05, 0.1) is 0 Å². The fourth-order valence-corrected chi connectivity index (χ4v) is 3.78. The highest BCUT2D eigenvalue weighted by molar-refractivity contribution is 5.55. The summed E-state index contributed by atoms with van der Waals surface area (Å²) in [4.78, 5) is 11.5. The Hall–Kier alpha value is -2.95. The molecule has 0 amide bonds. The van der Waals surface area contributed by atoms with Gasteiger partial charge in [0.2, 0.25) is 5.95 Å². The lowest BCUT2D eigenvalue weighted by Gasteiger charge is -2.33. The molecule has 4 nitrogen and oxygen atoms in total. The first-order valence-electron chi connectivity index (χ1n) is 9.83. The first kappa shape index (κ1) is 18.4. The maximum atomic E-state index is 13.4. The summed E-state index contributed by atoms with van der Waals surface area (Å²) in [6.45, 7) is 3.95. The van der Waals surface area contributed by atoms with Crippen molar-refractivity contribution in [1.82, 2.24) is 9.97 Å². The molecular weight excluding hydrogens is 351 g/mol. The zero-order valence-electron chi connectivity index (χ0n) is 16.1. The molecule has 1 saturated heterocycles. The second-order valence-corrected chi connectivity index (χ2v) is 7.45. The van der Waals surface area contributed by atoms with Crippen molar-refractivity contribution in [2.75, 3.05) is 23.3 Å². The van der Waals surface area contributed by atoms with Crippen LogP contribution in [0.4, 0.5) is 21.8 Å². The van der Waals surface area contributed by atoms with E-state index in [1.807, 2.05) is 19.1 Å². The molecule has 1 N–H and O–H groups in total. The normalized spacial score (nSPS) is 14.9. The molecule has 1 aromatic heterocycles. The fraction of sp³-hybridized carbons (Fsp3) is 0.304. The van der Waals surface area contributed by atoms with E-state index in [4.69, 9.17) is 0 Å². The lowest BCUT2D eigenvalue weighted by Crippen LogP contribution is -2.35. The number of anilines is 3. The van der Waals surface area contributed by atoms with Crippen LogP contribution in [0.25, 0.3) is 0 Å². The van der Waals surface area contributed by atoms with E-state index in [-0.39, 0.29) is 5.82 Å². The van der Waals surface area contributed by atoms with Crippen LogP contribution in [0.3, 0.4) is 0 Å². The highest BCUT2D eigenvalue weighted by Gasteiger charge is 2.21. The van der Waals surface area contributed by atoms with E-state index in [0.29, 0.717) is 17.6 Å². The Morgan fingerprint density at radius 1 is 1.00 bits per heavy atom. The van der Waals surface area contributed by atoms with E-state index >= 15 is 0 Å². The van der Waals surface area contributed by atoms with Crippen LogP contribution in [0.5, 0.6) is 0 Å². The number of aryl methyl sites for hydroxylation is 1. The zero-order valence-corrected chi connectivity index (χ0v) is 16.1. The monoisotopic (exact) mass is 376 g/mol. The Bertz CT molecular complexity index is 921. The maximum Gasteiger partial charge on any atom is 0.229 e. The van der Waals surface area contributed by atoms with Crippen molar-refractivity contribution in [2.45, 2.75) is 26.2 Å². The third-order valence-electron chi connectivity index (χ3n) is 5.23. The molecule has 0 aliphatic carbocycles. The Balaban J connectivity index is 1.41. The molecule has 0 unspecified atom stereocenters. The summed E-state index contributed by atoms with van der Waals surface area (Å²) in [5, 5.41) is 3.12. The van der Waals surface area contributed by atoms with Crippen LogP contribution in [0.2, 0.25) is 0 Å². The van der Waals surface area contributed by atoms with Crippen molar-refractivity contribution in [3.8, 4) is 0 Å². The second kappa shape index (κ2) is 8.38. The van der Waals surface area contributed by atoms with E-state index in [9.17, 15) is 4.39 Å². The van der Waals surface area contributed by atoms with Gasteiger partial charge in [0, 0.05) is 30.5 Å². The van der Waals surface area contributed by atoms with Gasteiger partial charge in [-0.2, -0.15) is 4.98 Å². The zero-order chi connectivity index (χ0) is 19.3. The molecule has 2 aromatic carbocycles. The smallest absolute Gasteiger partial charge is 0.229 e. The molecular formula is C23H25FN4. The van der Waals surface area contributed by atoms with Crippen molar-refractivity contribution in [2.24, 2.45) is 5.92 Å². The van der Waals surface area contributed by atoms with Crippen molar-refractivity contribution in [3.05, 3.63) is 77.7 Å². The van der Waals surface area contributed by atoms with Gasteiger partial charge >= 0.3 is 0 Å². The van der Waals surface area contributed by atoms with Crippen molar-refractivity contribution < 1.29 is 4.39 Å². The number of piperidine rings is 1. The Kier molecular flexibility index (Phi) is 5.51. The molecule has 0 spiro atoms. The minimum atomic E-state index is -0.279. The SMILES string of the molecule is Cc1cc(N2CCC(Cc3ccccc3)CC2)nc(Nc2cccc(F)c2)n1. The van der Waals surface area contributed by atoms with Gasteiger partial charge in [-0.1, -0.05) is 36.4 Å². The lowest BCUT2D eigenvalue weighted by atomic mass is 9.90. The van der Waals surface area contributed by atoms with Gasteiger partial charge in [-0.15, -0.1) is 0 Å². The van der Waals surface area contributed by atoms with Crippen molar-refractivity contribution in [3.63, 3.8) is 0 Å². The van der Waals surface area contributed by atoms with Crippen LogP contribution >= 0.6 is 0 Å². The largest absolute Gasteiger partial charge is 0.356 e. The quantitative estimate of drug-likeness (QED) is 0.670. The van der Waals surface area contributed by atoms with Crippen molar-refractivity contribution in [1.29, 1.82) is 0 Å². The summed E-state index contributed by atoms with van der Waals surface area (Å²) in [6.07, 6.45) is 3.46. The first-order valence-corrected chi connectivity index (χ1v) is 9.83. The van der Waals surface area contributed by atoms with Gasteiger partial charge in [0.25, 0.3) is 0 Å². The predicted octanol–water partition coefficient (Wildman–Crippen LogP) is 5.13. The Labute approximate surface area is 165 Å². The first-order chi connectivity index (χ1) is 13.7. The predicted molar refractivity (Wildman–Crippen MR) is 112 cm³/mol. The van der Waals surface area contributed by atoms with E-state index in [0.717, 1.165) is 43.9 Å². The highest BCUT2D eigenvalue weighted by Crippen LogP contribution is 2.26. The number of hydrogen-bond donors (Lipinski definition) is 1. The standard InChI is InChI=1S/C23H25FN4/c1-17-14-22(27-23(25-17)26-21-9-5-8-20(24)16-21)28-12-10-19(11-13-28)15-18-6-3-2-4-7-18/h2-9,14,16,19H,10-13,15H2,1H3,(H,25,26,27). The molecule has 4 rings (SSSR count). The number of halogens is 1. The highest BCUT2D eigenvalue weighted by atomic mass is 19.1. The Morgan fingerprint density at radius 2 is 1.79 bits per heavy atom. The number of nitrogens with one attached hydrogen (secondary N) is 1. The minimum absolute atomic E-state index is 0.279. The van der Waals surface area contributed by atoms with Gasteiger partial charge < -0.3 is 10.2 Å². The number of hydrogen-bond acceptors (Lipinski definition) is 4. The average molecular weight is 376 g/mol. The van der Waals surface area contributed by atoms with E-state index < -0.39 is 0 Å². The molecule has 0 bridgehead atoms. The van der Waals surface area contributed by atoms with Gasteiger partial charge in [-0.05, 0) is 55.9 Å². The maximum absolute atomic E-state index is 13.4. The summed E-state index contributed by atoms with van der Waals surface area (Å²) in [7, 11) is 0. The van der Waals surface area contributed by atoms with Gasteiger partial charge in [-0.25, -0.2) is 9.37 Å². The summed E-state index contributed by atoms with van der Waals surface area (Å²) in [6, 6.07) is 19.1. The molecule has 1 fully saturated rings. The van der Waals surface area contributed by atoms with Crippen LogP contribution in [0.15, 0.2) is 60.7 Å². The van der Waals surface area contributed by atoms with Gasteiger partial charge in [0.1, 0.15) is 11.6 Å². The third-order valence-corrected chi connectivity index (χ3v) is 5.23. The molecule has 144 valence electrons. The summed E-state index contributed by atoms with van der Waals surface area (Å²) >= 11 is 0. The van der Waals surface area contributed by atoms with Crippen LogP contribution in [0, 0.1) is 18.7 Å².